The van der Waals surface area contributed by atoms with Crippen LogP contribution in [-0.4, -0.2) is 66.6 Å². The Labute approximate surface area is 156 Å². The third-order valence-electron chi connectivity index (χ3n) is 5.97. The number of methoxy groups -OCH3 is 1. The molecule has 2 aliphatic rings. The van der Waals surface area contributed by atoms with Gasteiger partial charge in [0, 0.05) is 13.0 Å². The first-order valence-electron chi connectivity index (χ1n) is 9.18. The molecule has 0 unspecified atom stereocenters. The van der Waals surface area contributed by atoms with Crippen LogP contribution in [0.2, 0.25) is 0 Å². The van der Waals surface area contributed by atoms with Crippen LogP contribution in [0.15, 0.2) is 12.7 Å². The molecular weight excluding hydrogens is 354 g/mol. The van der Waals surface area contributed by atoms with E-state index in [1.165, 1.54) is 19.8 Å². The van der Waals surface area contributed by atoms with Crippen LogP contribution in [-0.2, 0) is 15.2 Å². The number of nitrogens with zero attached hydrogens (tertiary/aromatic N) is 4. The van der Waals surface area contributed by atoms with Gasteiger partial charge in [0.05, 0.1) is 12.9 Å². The number of aromatic nitrogens is 4. The summed E-state index contributed by atoms with van der Waals surface area (Å²) in [7, 11) is 1.31. The van der Waals surface area contributed by atoms with Gasteiger partial charge in [-0.3, -0.25) is 4.57 Å². The maximum absolute atomic E-state index is 11.5. The van der Waals surface area contributed by atoms with E-state index in [2.05, 4.69) is 15.0 Å². The molecule has 0 spiro atoms. The molecular formula is C17H25N5O5. The lowest BCUT2D eigenvalue weighted by Gasteiger charge is -2.47. The fourth-order valence-electron chi connectivity index (χ4n) is 4.65. The molecule has 10 heteroatoms. The lowest BCUT2D eigenvalue weighted by molar-refractivity contribution is -0.332. The van der Waals surface area contributed by atoms with Gasteiger partial charge in [-0.25, -0.2) is 15.0 Å². The number of imidazole rings is 1. The molecule has 148 valence electrons. The molecule has 0 bridgehead atoms. The number of hydrogen-bond donors (Lipinski definition) is 4. The van der Waals surface area contributed by atoms with Crippen LogP contribution >= 0.6 is 0 Å². The average molecular weight is 379 g/mol. The largest absolute Gasteiger partial charge is 0.394 e. The Kier molecular flexibility index (Phi) is 4.55. The predicted octanol–water partition coefficient (Wildman–Crippen LogP) is -0.271. The molecule has 0 aromatic carbocycles. The van der Waals surface area contributed by atoms with Gasteiger partial charge < -0.3 is 30.5 Å². The van der Waals surface area contributed by atoms with Crippen LogP contribution in [0.3, 0.4) is 0 Å². The number of rotatable bonds is 4. The lowest BCUT2D eigenvalue weighted by Crippen LogP contribution is -2.62. The first kappa shape index (κ1) is 18.5. The average Bonchev–Trinajstić information content (AvgIpc) is 3.23. The van der Waals surface area contributed by atoms with E-state index in [1.807, 2.05) is 0 Å². The Balaban J connectivity index is 1.98. The molecule has 2 fully saturated rings. The van der Waals surface area contributed by atoms with E-state index in [0.29, 0.717) is 11.2 Å². The molecule has 3 heterocycles. The number of anilines is 1. The van der Waals surface area contributed by atoms with Gasteiger partial charge in [0.15, 0.2) is 11.5 Å². The molecule has 2 aromatic heterocycles. The monoisotopic (exact) mass is 379 g/mol. The zero-order valence-corrected chi connectivity index (χ0v) is 15.2. The Morgan fingerprint density at radius 1 is 1.30 bits per heavy atom. The smallest absolute Gasteiger partial charge is 0.245 e. The summed E-state index contributed by atoms with van der Waals surface area (Å²) in [6, 6.07) is 0. The van der Waals surface area contributed by atoms with Crippen LogP contribution in [0.4, 0.5) is 5.82 Å². The van der Waals surface area contributed by atoms with Crippen molar-refractivity contribution in [1.82, 2.24) is 19.5 Å². The van der Waals surface area contributed by atoms with Crippen LogP contribution in [0, 0.1) is 5.92 Å². The molecule has 0 radical (unpaired) electrons. The standard InChI is InChI=1S/C17H25N5O5/c1-26-17(25)13(24)11(7-23)27-16(17,10-5-3-2-4-6-10)22-9-21-12-14(18)19-8-20-15(12)22/h8-11,13,23-25H,2-7H2,1H3,(H2,18,19,20)/t11-,13-,16-,17-/m1/s1. The topological polar surface area (TPSA) is 149 Å². The Bertz CT molecular complexity index is 825. The zero-order chi connectivity index (χ0) is 19.2. The molecule has 1 aliphatic carbocycles. The van der Waals surface area contributed by atoms with Gasteiger partial charge in [0.25, 0.3) is 0 Å². The Hall–Kier alpha value is -1.85. The molecule has 1 saturated carbocycles. The van der Waals surface area contributed by atoms with Crippen molar-refractivity contribution in [2.75, 3.05) is 19.5 Å². The van der Waals surface area contributed by atoms with Crippen LogP contribution in [0.25, 0.3) is 11.2 Å². The van der Waals surface area contributed by atoms with Crippen LogP contribution in [0.1, 0.15) is 32.1 Å². The molecule has 1 aliphatic heterocycles. The van der Waals surface area contributed by atoms with E-state index in [1.54, 1.807) is 4.57 Å². The summed E-state index contributed by atoms with van der Waals surface area (Å²) in [5, 5.41) is 32.0. The summed E-state index contributed by atoms with van der Waals surface area (Å²) in [4.78, 5) is 12.5. The van der Waals surface area contributed by atoms with Crippen LogP contribution in [0.5, 0.6) is 0 Å². The van der Waals surface area contributed by atoms with E-state index in [9.17, 15) is 15.3 Å². The van der Waals surface area contributed by atoms with Gasteiger partial charge in [0.1, 0.15) is 24.1 Å². The minimum atomic E-state index is -2.10. The van der Waals surface area contributed by atoms with Crippen molar-refractivity contribution in [2.45, 2.75) is 55.8 Å². The van der Waals surface area contributed by atoms with Crippen molar-refractivity contribution >= 4 is 17.0 Å². The highest BCUT2D eigenvalue weighted by atomic mass is 16.7. The van der Waals surface area contributed by atoms with Gasteiger partial charge >= 0.3 is 0 Å². The summed E-state index contributed by atoms with van der Waals surface area (Å²) in [5.41, 5.74) is 5.15. The molecule has 5 N–H and O–H groups in total. The third kappa shape index (κ3) is 2.41. The summed E-state index contributed by atoms with van der Waals surface area (Å²) in [6.45, 7) is -0.467. The Morgan fingerprint density at radius 2 is 2.04 bits per heavy atom. The van der Waals surface area contributed by atoms with Gasteiger partial charge in [-0.2, -0.15) is 0 Å². The highest BCUT2D eigenvalue weighted by Crippen LogP contribution is 2.53. The maximum atomic E-state index is 11.5. The van der Waals surface area contributed by atoms with Crippen molar-refractivity contribution in [3.05, 3.63) is 12.7 Å². The maximum Gasteiger partial charge on any atom is 0.245 e. The van der Waals surface area contributed by atoms with Crippen molar-refractivity contribution in [1.29, 1.82) is 0 Å². The van der Waals surface area contributed by atoms with E-state index < -0.39 is 30.3 Å². The number of nitrogens with two attached hydrogens (primary N) is 1. The minimum Gasteiger partial charge on any atom is -0.394 e. The number of fused-ring (bicyclic) bond motifs is 1. The van der Waals surface area contributed by atoms with E-state index in [-0.39, 0.29) is 11.7 Å². The second kappa shape index (κ2) is 6.64. The number of aliphatic hydroxyl groups is 3. The van der Waals surface area contributed by atoms with Crippen LogP contribution < -0.4 is 5.73 Å². The fourth-order valence-corrected chi connectivity index (χ4v) is 4.65. The zero-order valence-electron chi connectivity index (χ0n) is 15.2. The first-order chi connectivity index (χ1) is 13.0. The quantitative estimate of drug-likeness (QED) is 0.527. The predicted molar refractivity (Wildman–Crippen MR) is 94.2 cm³/mol. The van der Waals surface area contributed by atoms with E-state index in [4.69, 9.17) is 15.2 Å². The summed E-state index contributed by atoms with van der Waals surface area (Å²) in [6.07, 6.45) is 4.83. The van der Waals surface area contributed by atoms with Crippen molar-refractivity contribution in [3.63, 3.8) is 0 Å². The molecule has 4 atom stereocenters. The summed E-state index contributed by atoms with van der Waals surface area (Å²) in [5.74, 6) is -2.08. The molecule has 27 heavy (non-hydrogen) atoms. The van der Waals surface area contributed by atoms with Gasteiger partial charge in [-0.1, -0.05) is 19.3 Å². The Morgan fingerprint density at radius 3 is 2.70 bits per heavy atom. The highest BCUT2D eigenvalue weighted by molar-refractivity contribution is 5.81. The van der Waals surface area contributed by atoms with Crippen molar-refractivity contribution in [2.24, 2.45) is 5.92 Å². The highest BCUT2D eigenvalue weighted by Gasteiger charge is 2.70. The molecule has 1 saturated heterocycles. The SMILES string of the molecule is CO[C@]1(O)[C@H](O)[C@@H](CO)O[C@@]1(C1CCCCC1)n1cnc2c(N)ncnc21. The number of hydrogen-bond acceptors (Lipinski definition) is 9. The normalized spacial score (nSPS) is 35.1. The fraction of sp³-hybridized carbons (Fsp3) is 0.706. The summed E-state index contributed by atoms with van der Waals surface area (Å²) >= 11 is 0. The number of ether oxygens (including phenoxy) is 2. The lowest BCUT2D eigenvalue weighted by atomic mass is 9.76. The number of nitrogen functional groups attached to an aromatic ring is 1. The molecule has 10 nitrogen and oxygen atoms in total. The molecule has 0 amide bonds. The summed E-state index contributed by atoms with van der Waals surface area (Å²) < 4.78 is 13.2. The second-order valence-corrected chi connectivity index (χ2v) is 7.26. The molecule has 2 aromatic rings. The minimum absolute atomic E-state index is 0.184. The second-order valence-electron chi connectivity index (χ2n) is 7.26. The van der Waals surface area contributed by atoms with Gasteiger partial charge in [-0.15, -0.1) is 0 Å². The van der Waals surface area contributed by atoms with E-state index >= 15 is 0 Å². The van der Waals surface area contributed by atoms with E-state index in [0.717, 1.165) is 32.1 Å². The van der Waals surface area contributed by atoms with Gasteiger partial charge in [-0.05, 0) is 12.8 Å². The van der Waals surface area contributed by atoms with Gasteiger partial charge in [0.2, 0.25) is 11.5 Å². The third-order valence-corrected chi connectivity index (χ3v) is 5.97. The first-order valence-corrected chi connectivity index (χ1v) is 9.18. The van der Waals surface area contributed by atoms with Crippen molar-refractivity contribution < 1.29 is 24.8 Å². The number of aliphatic hydroxyl groups excluding tert-OH is 2. The van der Waals surface area contributed by atoms with Crippen molar-refractivity contribution in [3.8, 4) is 0 Å². The molecule has 4 rings (SSSR count).